The van der Waals surface area contributed by atoms with Crippen LogP contribution < -0.4 is 15.6 Å². The number of halogens is 2. The first kappa shape index (κ1) is 16.1. The van der Waals surface area contributed by atoms with Gasteiger partial charge >= 0.3 is 6.61 Å². The second-order valence-corrected chi connectivity index (χ2v) is 5.63. The first-order valence-corrected chi connectivity index (χ1v) is 7.69. The fraction of sp³-hybridized carbons (Fsp3) is 0.133. The van der Waals surface area contributed by atoms with Crippen molar-refractivity contribution in [2.45, 2.75) is 13.2 Å². The minimum atomic E-state index is -3.00. The number of carbonyl (C=O) groups excluding carboxylic acids is 1. The Morgan fingerprint density at radius 3 is 2.92 bits per heavy atom. The van der Waals surface area contributed by atoms with Gasteiger partial charge in [-0.15, -0.1) is 11.3 Å². The number of hydrogen-bond donors (Lipinski definition) is 1. The van der Waals surface area contributed by atoms with E-state index in [2.05, 4.69) is 15.0 Å². The van der Waals surface area contributed by atoms with Crippen LogP contribution in [0.15, 0.2) is 46.8 Å². The van der Waals surface area contributed by atoms with Crippen molar-refractivity contribution in [3.05, 3.63) is 52.4 Å². The van der Waals surface area contributed by atoms with Gasteiger partial charge in [0.1, 0.15) is 17.1 Å². The van der Waals surface area contributed by atoms with Crippen molar-refractivity contribution in [3.63, 3.8) is 0 Å². The number of nitrogens with zero attached hydrogens (tertiary/aromatic N) is 2. The van der Waals surface area contributed by atoms with Gasteiger partial charge in [0, 0.05) is 0 Å². The molecule has 0 aliphatic carbocycles. The average molecular weight is 351 g/mol. The second-order valence-electron chi connectivity index (χ2n) is 4.74. The summed E-state index contributed by atoms with van der Waals surface area (Å²) in [7, 11) is 0. The third-order valence-corrected chi connectivity index (χ3v) is 3.96. The number of benzene rings is 1. The molecule has 0 unspecified atom stereocenters. The number of carbonyl (C=O) groups is 1. The number of anilines is 1. The van der Waals surface area contributed by atoms with Crippen LogP contribution in [0.3, 0.4) is 0 Å². The summed E-state index contributed by atoms with van der Waals surface area (Å²) in [6, 6.07) is 7.45. The Labute approximate surface area is 138 Å². The number of amides is 1. The molecule has 3 aromatic rings. The standard InChI is InChI=1S/C15H11F2N3O3S/c16-15(17)23-11-4-2-1-3-10(11)19-12(21)7-20-8-18-13-9(14(20)22)5-6-24-13/h1-6,8,15H,7H2,(H,19,21). The zero-order valence-electron chi connectivity index (χ0n) is 12.1. The van der Waals surface area contributed by atoms with Gasteiger partial charge in [-0.1, -0.05) is 12.1 Å². The van der Waals surface area contributed by atoms with Crippen molar-refractivity contribution in [3.8, 4) is 5.75 Å². The summed E-state index contributed by atoms with van der Waals surface area (Å²) in [4.78, 5) is 29.0. The Morgan fingerprint density at radius 2 is 2.12 bits per heavy atom. The summed E-state index contributed by atoms with van der Waals surface area (Å²) in [6.45, 7) is -3.29. The van der Waals surface area contributed by atoms with Crippen LogP contribution in [0.25, 0.3) is 10.2 Å². The second kappa shape index (κ2) is 6.75. The number of aromatic nitrogens is 2. The molecule has 0 saturated heterocycles. The first-order chi connectivity index (χ1) is 11.5. The molecule has 0 aliphatic rings. The van der Waals surface area contributed by atoms with Gasteiger partial charge < -0.3 is 10.1 Å². The minimum absolute atomic E-state index is 0.0976. The van der Waals surface area contributed by atoms with E-state index in [0.717, 1.165) is 4.57 Å². The molecule has 0 bridgehead atoms. The van der Waals surface area contributed by atoms with Crippen LogP contribution >= 0.6 is 11.3 Å². The maximum atomic E-state index is 12.4. The molecule has 2 aromatic heterocycles. The lowest BCUT2D eigenvalue weighted by Gasteiger charge is -2.12. The SMILES string of the molecule is O=C(Cn1cnc2sccc2c1=O)Nc1ccccc1OC(F)F. The molecule has 2 heterocycles. The Hall–Kier alpha value is -2.81. The largest absolute Gasteiger partial charge is 0.433 e. The van der Waals surface area contributed by atoms with Gasteiger partial charge in [0.25, 0.3) is 5.56 Å². The lowest BCUT2D eigenvalue weighted by atomic mass is 10.3. The first-order valence-electron chi connectivity index (χ1n) is 6.81. The van der Waals surface area contributed by atoms with Crippen LogP contribution in [0, 0.1) is 0 Å². The number of thiophene rings is 1. The fourth-order valence-electron chi connectivity index (χ4n) is 2.12. The molecule has 1 amide bonds. The van der Waals surface area contributed by atoms with Crippen LogP contribution in [-0.4, -0.2) is 22.1 Å². The predicted molar refractivity (Wildman–Crippen MR) is 85.6 cm³/mol. The van der Waals surface area contributed by atoms with Gasteiger partial charge in [-0.05, 0) is 23.6 Å². The van der Waals surface area contributed by atoms with E-state index in [-0.39, 0.29) is 23.5 Å². The highest BCUT2D eigenvalue weighted by Crippen LogP contribution is 2.25. The maximum Gasteiger partial charge on any atom is 0.387 e. The number of para-hydroxylation sites is 2. The van der Waals surface area contributed by atoms with Gasteiger partial charge in [-0.2, -0.15) is 8.78 Å². The molecule has 124 valence electrons. The monoisotopic (exact) mass is 351 g/mol. The quantitative estimate of drug-likeness (QED) is 0.767. The van der Waals surface area contributed by atoms with Crippen molar-refractivity contribution in [2.24, 2.45) is 0 Å². The van der Waals surface area contributed by atoms with E-state index in [9.17, 15) is 18.4 Å². The van der Waals surface area contributed by atoms with Crippen LogP contribution in [-0.2, 0) is 11.3 Å². The van der Waals surface area contributed by atoms with Crippen LogP contribution in [0.1, 0.15) is 0 Å². The molecule has 24 heavy (non-hydrogen) atoms. The van der Waals surface area contributed by atoms with Gasteiger partial charge in [-0.3, -0.25) is 14.2 Å². The number of nitrogens with one attached hydrogen (secondary N) is 1. The van der Waals surface area contributed by atoms with Gasteiger partial charge in [0.05, 0.1) is 17.4 Å². The van der Waals surface area contributed by atoms with E-state index in [1.165, 1.54) is 35.9 Å². The Morgan fingerprint density at radius 1 is 1.33 bits per heavy atom. The zero-order chi connectivity index (χ0) is 17.1. The maximum absolute atomic E-state index is 12.4. The number of ether oxygens (including phenoxy) is 1. The molecule has 0 spiro atoms. The van der Waals surface area contributed by atoms with Crippen molar-refractivity contribution in [1.82, 2.24) is 9.55 Å². The lowest BCUT2D eigenvalue weighted by molar-refractivity contribution is -0.116. The Balaban J connectivity index is 1.78. The molecular formula is C15H11F2N3O3S. The highest BCUT2D eigenvalue weighted by Gasteiger charge is 2.13. The zero-order valence-corrected chi connectivity index (χ0v) is 12.9. The molecule has 9 heteroatoms. The van der Waals surface area contributed by atoms with E-state index < -0.39 is 12.5 Å². The van der Waals surface area contributed by atoms with E-state index in [1.807, 2.05) is 0 Å². The van der Waals surface area contributed by atoms with E-state index in [4.69, 9.17) is 0 Å². The lowest BCUT2D eigenvalue weighted by Crippen LogP contribution is -2.27. The van der Waals surface area contributed by atoms with Crippen LogP contribution in [0.2, 0.25) is 0 Å². The number of rotatable bonds is 5. The van der Waals surface area contributed by atoms with E-state index in [0.29, 0.717) is 10.2 Å². The summed E-state index contributed by atoms with van der Waals surface area (Å²) in [6.07, 6.45) is 1.28. The molecule has 0 aliphatic heterocycles. The summed E-state index contributed by atoms with van der Waals surface area (Å²) in [5.41, 5.74) is -0.242. The molecule has 0 fully saturated rings. The summed E-state index contributed by atoms with van der Waals surface area (Å²) < 4.78 is 30.2. The molecule has 0 radical (unpaired) electrons. The van der Waals surface area contributed by atoms with Crippen molar-refractivity contribution < 1.29 is 18.3 Å². The summed E-state index contributed by atoms with van der Waals surface area (Å²) in [5, 5.41) is 4.62. The van der Waals surface area contributed by atoms with Gasteiger partial charge in [0.15, 0.2) is 0 Å². The van der Waals surface area contributed by atoms with Gasteiger partial charge in [0.2, 0.25) is 5.91 Å². The number of fused-ring (bicyclic) bond motifs is 1. The van der Waals surface area contributed by atoms with Crippen molar-refractivity contribution in [2.75, 3.05) is 5.32 Å². The topological polar surface area (TPSA) is 73.2 Å². The minimum Gasteiger partial charge on any atom is -0.433 e. The van der Waals surface area contributed by atoms with Gasteiger partial charge in [-0.25, -0.2) is 4.98 Å². The van der Waals surface area contributed by atoms with E-state index >= 15 is 0 Å². The molecule has 6 nitrogen and oxygen atoms in total. The molecule has 0 saturated carbocycles. The van der Waals surface area contributed by atoms with Crippen LogP contribution in [0.5, 0.6) is 5.75 Å². The Bertz CT molecular complexity index is 939. The van der Waals surface area contributed by atoms with Crippen molar-refractivity contribution >= 4 is 33.1 Å². The molecule has 3 rings (SSSR count). The Kier molecular flexibility index (Phi) is 4.52. The highest BCUT2D eigenvalue weighted by atomic mass is 32.1. The average Bonchev–Trinajstić information content (AvgIpc) is 3.01. The number of alkyl halides is 2. The van der Waals surface area contributed by atoms with Crippen molar-refractivity contribution in [1.29, 1.82) is 0 Å². The van der Waals surface area contributed by atoms with E-state index in [1.54, 1.807) is 17.5 Å². The highest BCUT2D eigenvalue weighted by molar-refractivity contribution is 7.16. The normalized spacial score (nSPS) is 11.0. The van der Waals surface area contributed by atoms with Crippen LogP contribution in [0.4, 0.5) is 14.5 Å². The third kappa shape index (κ3) is 3.40. The summed E-state index contributed by atoms with van der Waals surface area (Å²) >= 11 is 1.33. The third-order valence-electron chi connectivity index (χ3n) is 3.14. The molecule has 0 atom stereocenters. The predicted octanol–water partition coefficient (Wildman–Crippen LogP) is 2.70. The smallest absolute Gasteiger partial charge is 0.387 e. The number of hydrogen-bond acceptors (Lipinski definition) is 5. The molecule has 1 aromatic carbocycles. The molecular weight excluding hydrogens is 340 g/mol. The summed E-state index contributed by atoms with van der Waals surface area (Å²) in [5.74, 6) is -0.710. The molecule has 1 N–H and O–H groups in total. The fourth-order valence-corrected chi connectivity index (χ4v) is 2.84.